The number of halogens is 1. The van der Waals surface area contributed by atoms with E-state index in [0.717, 1.165) is 29.5 Å². The first-order valence-electron chi connectivity index (χ1n) is 12.6. The van der Waals surface area contributed by atoms with E-state index in [1.807, 2.05) is 50.2 Å². The number of alkyl carbamates (subject to hydrolysis) is 1. The molecule has 2 aromatic carbocycles. The average molecular weight is 538 g/mol. The van der Waals surface area contributed by atoms with Crippen molar-refractivity contribution >= 4 is 29.4 Å². The van der Waals surface area contributed by atoms with Crippen LogP contribution in [0.25, 0.3) is 22.4 Å². The molecule has 1 aliphatic rings. The molecule has 0 saturated carbocycles. The maximum atomic E-state index is 13.4. The second kappa shape index (κ2) is 11.8. The first-order valence-corrected chi connectivity index (χ1v) is 13.0. The molecular weight excluding hydrogens is 506 g/mol. The molecule has 200 valence electrons. The predicted octanol–water partition coefficient (Wildman–Crippen LogP) is 4.58. The van der Waals surface area contributed by atoms with E-state index in [9.17, 15) is 14.4 Å². The highest BCUT2D eigenvalue weighted by atomic mass is 35.5. The molecule has 1 saturated heterocycles. The maximum Gasteiger partial charge on any atom is 0.407 e. The van der Waals surface area contributed by atoms with Gasteiger partial charge in [0.05, 0.1) is 19.7 Å². The lowest BCUT2D eigenvalue weighted by atomic mass is 10.0. The molecule has 0 radical (unpaired) electrons. The summed E-state index contributed by atoms with van der Waals surface area (Å²) in [6.45, 7) is 4.30. The maximum absolute atomic E-state index is 13.4. The number of nitrogens with two attached hydrogens (primary N) is 1. The number of methoxy groups -OCH3 is 1. The number of likely N-dealkylation sites (tertiary alicyclic amines) is 1. The third kappa shape index (κ3) is 5.74. The van der Waals surface area contributed by atoms with Gasteiger partial charge in [-0.1, -0.05) is 74.0 Å². The summed E-state index contributed by atoms with van der Waals surface area (Å²) in [5.41, 5.74) is 9.42. The highest BCUT2D eigenvalue weighted by Gasteiger charge is 2.37. The highest BCUT2D eigenvalue weighted by Crippen LogP contribution is 2.35. The number of rotatable bonds is 8. The molecule has 9 nitrogen and oxygen atoms in total. The lowest BCUT2D eigenvalue weighted by Gasteiger charge is -2.29. The van der Waals surface area contributed by atoms with Gasteiger partial charge in [0.2, 0.25) is 5.91 Å². The quantitative estimate of drug-likeness (QED) is 0.360. The number of carbonyl (C=O) groups is 3. The number of H-pyrrole nitrogens is 1. The molecule has 0 spiro atoms. The molecule has 4 rings (SSSR count). The standard InChI is InChI=1S/C28H32ClN5O4/c1-16(2)23(32-28(37)38-3)27(36)34-14-4-5-21(34)26-31-24(25(29)33-26)20-12-8-18(9-13-20)17-6-10-19(11-7-17)22(35)15-30/h6-13,16,21,23H,4-5,14-15,30H2,1-3H3,(H,31,33)(H,32,37)/t21-,23-/m0/s1. The normalized spacial score (nSPS) is 15.9. The Morgan fingerprint density at radius 3 is 2.29 bits per heavy atom. The van der Waals surface area contributed by atoms with Crippen molar-refractivity contribution in [3.05, 3.63) is 65.1 Å². The van der Waals surface area contributed by atoms with Crippen LogP contribution in [-0.2, 0) is 9.53 Å². The zero-order chi connectivity index (χ0) is 27.4. The number of hydrogen-bond acceptors (Lipinski definition) is 6. The summed E-state index contributed by atoms with van der Waals surface area (Å²) in [5, 5.41) is 3.05. The SMILES string of the molecule is COC(=O)N[C@H](C(=O)N1CCC[C@H]1c1nc(-c2ccc(-c3ccc(C(=O)CN)cc3)cc2)c(Cl)[nH]1)C(C)C. The van der Waals surface area contributed by atoms with Crippen LogP contribution in [0.15, 0.2) is 48.5 Å². The van der Waals surface area contributed by atoms with Crippen molar-refractivity contribution < 1.29 is 19.1 Å². The first kappa shape index (κ1) is 27.3. The Balaban J connectivity index is 1.53. The molecule has 4 N–H and O–H groups in total. The minimum absolute atomic E-state index is 0.0179. The van der Waals surface area contributed by atoms with Gasteiger partial charge >= 0.3 is 6.09 Å². The van der Waals surface area contributed by atoms with E-state index < -0.39 is 12.1 Å². The van der Waals surface area contributed by atoms with Gasteiger partial charge in [-0.05, 0) is 29.9 Å². The minimum atomic E-state index is -0.706. The summed E-state index contributed by atoms with van der Waals surface area (Å²) in [6.07, 6.45) is 0.913. The van der Waals surface area contributed by atoms with Gasteiger partial charge in [0, 0.05) is 17.7 Å². The van der Waals surface area contributed by atoms with Crippen molar-refractivity contribution in [2.45, 2.75) is 38.8 Å². The Bertz CT molecular complexity index is 1300. The van der Waals surface area contributed by atoms with Crippen molar-refractivity contribution in [3.63, 3.8) is 0 Å². The number of imidazole rings is 1. The average Bonchev–Trinajstić information content (AvgIpc) is 3.57. The molecule has 2 amide bonds. The molecular formula is C28H32ClN5O4. The zero-order valence-corrected chi connectivity index (χ0v) is 22.4. The van der Waals surface area contributed by atoms with Crippen molar-refractivity contribution in [3.8, 4) is 22.4 Å². The molecule has 0 unspecified atom stereocenters. The first-order chi connectivity index (χ1) is 18.2. The molecule has 0 aliphatic carbocycles. The van der Waals surface area contributed by atoms with E-state index in [4.69, 9.17) is 27.1 Å². The number of nitrogens with zero attached hydrogens (tertiary/aromatic N) is 2. The molecule has 2 atom stereocenters. The van der Waals surface area contributed by atoms with Crippen LogP contribution in [0.1, 0.15) is 48.9 Å². The summed E-state index contributed by atoms with van der Waals surface area (Å²) < 4.78 is 4.70. The summed E-state index contributed by atoms with van der Waals surface area (Å²) in [7, 11) is 1.27. The van der Waals surface area contributed by atoms with Gasteiger partial charge in [-0.25, -0.2) is 9.78 Å². The lowest BCUT2D eigenvalue weighted by Crippen LogP contribution is -2.51. The summed E-state index contributed by atoms with van der Waals surface area (Å²) in [4.78, 5) is 46.7. The third-order valence-electron chi connectivity index (χ3n) is 6.80. The number of carbonyl (C=O) groups excluding carboxylic acids is 3. The van der Waals surface area contributed by atoms with E-state index in [1.54, 1.807) is 17.0 Å². The number of aromatic nitrogens is 2. The Kier molecular flexibility index (Phi) is 8.48. The summed E-state index contributed by atoms with van der Waals surface area (Å²) >= 11 is 6.57. The number of ether oxygens (including phenoxy) is 1. The van der Waals surface area contributed by atoms with Gasteiger partial charge in [0.25, 0.3) is 0 Å². The Labute approximate surface area is 226 Å². The predicted molar refractivity (Wildman–Crippen MR) is 146 cm³/mol. The Morgan fingerprint density at radius 1 is 1.11 bits per heavy atom. The molecule has 1 fully saturated rings. The number of ketones is 1. The second-order valence-electron chi connectivity index (χ2n) is 9.61. The monoisotopic (exact) mass is 537 g/mol. The molecule has 10 heteroatoms. The van der Waals surface area contributed by atoms with E-state index in [-0.39, 0.29) is 30.2 Å². The van der Waals surface area contributed by atoms with Gasteiger partial charge in [0.1, 0.15) is 22.7 Å². The fourth-order valence-corrected chi connectivity index (χ4v) is 4.95. The molecule has 0 bridgehead atoms. The number of hydrogen-bond donors (Lipinski definition) is 3. The molecule has 1 aromatic heterocycles. The van der Waals surface area contributed by atoms with Gasteiger partial charge in [-0.3, -0.25) is 9.59 Å². The van der Waals surface area contributed by atoms with Crippen LogP contribution in [0.3, 0.4) is 0 Å². The number of benzene rings is 2. The molecule has 38 heavy (non-hydrogen) atoms. The second-order valence-corrected chi connectivity index (χ2v) is 9.99. The van der Waals surface area contributed by atoms with E-state index in [1.165, 1.54) is 7.11 Å². The summed E-state index contributed by atoms with van der Waals surface area (Å²) in [5.74, 6) is 0.221. The lowest BCUT2D eigenvalue weighted by molar-refractivity contribution is -0.135. The van der Waals surface area contributed by atoms with Crippen LogP contribution >= 0.6 is 11.6 Å². The number of aromatic amines is 1. The van der Waals surface area contributed by atoms with E-state index in [0.29, 0.717) is 28.8 Å². The van der Waals surface area contributed by atoms with Crippen LogP contribution in [0, 0.1) is 5.92 Å². The van der Waals surface area contributed by atoms with Crippen LogP contribution in [-0.4, -0.2) is 58.9 Å². The highest BCUT2D eigenvalue weighted by molar-refractivity contribution is 6.31. The van der Waals surface area contributed by atoms with Crippen molar-refractivity contribution in [1.82, 2.24) is 20.2 Å². The van der Waals surface area contributed by atoms with E-state index in [2.05, 4.69) is 10.3 Å². The largest absolute Gasteiger partial charge is 0.453 e. The van der Waals surface area contributed by atoms with Crippen LogP contribution in [0.5, 0.6) is 0 Å². The molecule has 2 heterocycles. The van der Waals surface area contributed by atoms with Crippen LogP contribution < -0.4 is 11.1 Å². The number of nitrogens with one attached hydrogen (secondary N) is 2. The topological polar surface area (TPSA) is 130 Å². The molecule has 1 aliphatic heterocycles. The Morgan fingerprint density at radius 2 is 1.71 bits per heavy atom. The van der Waals surface area contributed by atoms with Crippen molar-refractivity contribution in [2.24, 2.45) is 11.7 Å². The van der Waals surface area contributed by atoms with Crippen LogP contribution in [0.2, 0.25) is 5.15 Å². The van der Waals surface area contributed by atoms with Gasteiger partial charge in [-0.15, -0.1) is 0 Å². The summed E-state index contributed by atoms with van der Waals surface area (Å²) in [6, 6.07) is 14.2. The van der Waals surface area contributed by atoms with Gasteiger partial charge < -0.3 is 25.7 Å². The Hall–Kier alpha value is -3.69. The van der Waals surface area contributed by atoms with E-state index >= 15 is 0 Å². The van der Waals surface area contributed by atoms with Crippen LogP contribution in [0.4, 0.5) is 4.79 Å². The minimum Gasteiger partial charge on any atom is -0.453 e. The fourth-order valence-electron chi connectivity index (χ4n) is 4.70. The van der Waals surface area contributed by atoms with Gasteiger partial charge in [-0.2, -0.15) is 0 Å². The zero-order valence-electron chi connectivity index (χ0n) is 21.7. The number of amides is 2. The third-order valence-corrected chi connectivity index (χ3v) is 7.08. The van der Waals surface area contributed by atoms with Crippen molar-refractivity contribution in [2.75, 3.05) is 20.2 Å². The number of Topliss-reactive ketones (excluding diaryl/α,β-unsaturated/α-hetero) is 1. The van der Waals surface area contributed by atoms with Gasteiger partial charge in [0.15, 0.2) is 5.78 Å². The smallest absolute Gasteiger partial charge is 0.407 e. The molecule has 3 aromatic rings. The van der Waals surface area contributed by atoms with Crippen molar-refractivity contribution in [1.29, 1.82) is 0 Å². The fraction of sp³-hybridized carbons (Fsp3) is 0.357.